The molecule has 1 aliphatic rings. The smallest absolute Gasteiger partial charge is 0.330 e. The maximum absolute atomic E-state index is 13.8. The Labute approximate surface area is 184 Å². The average Bonchev–Trinajstić information content (AvgIpc) is 3.17. The molecule has 0 saturated carbocycles. The molecule has 3 rings (SSSR count). The Bertz CT molecular complexity index is 992. The molecule has 0 radical (unpaired) electrons. The first-order valence-corrected chi connectivity index (χ1v) is 10.6. The lowest BCUT2D eigenvalue weighted by Gasteiger charge is -2.24. The number of benzene rings is 1. The van der Waals surface area contributed by atoms with Crippen LogP contribution in [0.5, 0.6) is 0 Å². The molecule has 31 heavy (non-hydrogen) atoms. The van der Waals surface area contributed by atoms with Crippen LogP contribution in [-0.4, -0.2) is 51.5 Å². The van der Waals surface area contributed by atoms with Gasteiger partial charge in [0, 0.05) is 19.5 Å². The SMILES string of the molecule is CCN(CC)C(=S)OC[C@H]1O[C@H](n2cc(F)c(=O)[nH]c2=O)C[C@@H]1OCc1ccccc1. The standard InChI is InChI=1S/C21H26FN3O5S/c1-3-24(4-2)21(31)29-13-17-16(28-12-14-8-6-5-7-9-14)10-18(30-17)25-11-15(22)19(26)23-20(25)27/h5-9,11,16-18H,3-4,10,12-13H2,1-2H3,(H,23,26,27)/t16-,17+,18-/m0/s1. The van der Waals surface area contributed by atoms with Gasteiger partial charge in [0.1, 0.15) is 18.9 Å². The molecular weight excluding hydrogens is 425 g/mol. The highest BCUT2D eigenvalue weighted by Crippen LogP contribution is 2.31. The largest absolute Gasteiger partial charge is 0.468 e. The van der Waals surface area contributed by atoms with E-state index in [0.29, 0.717) is 24.9 Å². The molecule has 8 nitrogen and oxygen atoms in total. The molecule has 1 N–H and O–H groups in total. The van der Waals surface area contributed by atoms with Crippen LogP contribution < -0.4 is 11.2 Å². The lowest BCUT2D eigenvalue weighted by molar-refractivity contribution is -0.0648. The number of thiocarbonyl (C=S) groups is 1. The molecule has 1 aromatic heterocycles. The summed E-state index contributed by atoms with van der Waals surface area (Å²) >= 11 is 5.33. The normalized spacial score (nSPS) is 20.5. The van der Waals surface area contributed by atoms with Crippen LogP contribution in [0.2, 0.25) is 0 Å². The molecule has 2 aromatic rings. The quantitative estimate of drug-likeness (QED) is 0.616. The van der Waals surface area contributed by atoms with E-state index >= 15 is 0 Å². The molecule has 0 aliphatic carbocycles. The Balaban J connectivity index is 1.74. The van der Waals surface area contributed by atoms with Crippen LogP contribution in [0.1, 0.15) is 32.1 Å². The summed E-state index contributed by atoms with van der Waals surface area (Å²) in [7, 11) is 0. The van der Waals surface area contributed by atoms with E-state index in [1.165, 1.54) is 0 Å². The van der Waals surface area contributed by atoms with Gasteiger partial charge < -0.3 is 19.1 Å². The van der Waals surface area contributed by atoms with Gasteiger partial charge in [-0.3, -0.25) is 14.3 Å². The highest BCUT2D eigenvalue weighted by atomic mass is 32.1. The van der Waals surface area contributed by atoms with Gasteiger partial charge in [-0.05, 0) is 31.6 Å². The minimum absolute atomic E-state index is 0.117. The number of hydrogen-bond acceptors (Lipinski definition) is 6. The van der Waals surface area contributed by atoms with Gasteiger partial charge in [-0.2, -0.15) is 4.39 Å². The molecule has 3 atom stereocenters. The van der Waals surface area contributed by atoms with E-state index in [0.717, 1.165) is 16.3 Å². The summed E-state index contributed by atoms with van der Waals surface area (Å²) in [5, 5.41) is 0.353. The molecule has 0 unspecified atom stereocenters. The van der Waals surface area contributed by atoms with Gasteiger partial charge in [-0.1, -0.05) is 30.3 Å². The van der Waals surface area contributed by atoms with E-state index in [1.54, 1.807) is 0 Å². The van der Waals surface area contributed by atoms with Gasteiger partial charge in [0.15, 0.2) is 0 Å². The van der Waals surface area contributed by atoms with E-state index in [1.807, 2.05) is 54.1 Å². The molecule has 1 saturated heterocycles. The minimum atomic E-state index is -1.07. The summed E-state index contributed by atoms with van der Waals surface area (Å²) in [5.41, 5.74) is -0.837. The molecule has 0 amide bonds. The van der Waals surface area contributed by atoms with Crippen molar-refractivity contribution in [1.82, 2.24) is 14.5 Å². The topological polar surface area (TPSA) is 85.8 Å². The number of ether oxygens (including phenoxy) is 3. The third kappa shape index (κ3) is 5.78. The summed E-state index contributed by atoms with van der Waals surface area (Å²) in [5.74, 6) is -1.06. The number of halogens is 1. The van der Waals surface area contributed by atoms with Crippen molar-refractivity contribution in [2.45, 2.75) is 45.3 Å². The van der Waals surface area contributed by atoms with Crippen molar-refractivity contribution in [3.63, 3.8) is 0 Å². The molecular formula is C21H26FN3O5S. The van der Waals surface area contributed by atoms with Crippen LogP contribution in [0.4, 0.5) is 4.39 Å². The molecule has 0 spiro atoms. The maximum atomic E-state index is 13.8. The number of aromatic nitrogens is 2. The Morgan fingerprint density at radius 3 is 2.68 bits per heavy atom. The summed E-state index contributed by atoms with van der Waals surface area (Å²) in [6.45, 7) is 5.83. The zero-order chi connectivity index (χ0) is 22.4. The number of aromatic amines is 1. The van der Waals surface area contributed by atoms with Crippen molar-refractivity contribution in [2.24, 2.45) is 0 Å². The molecule has 1 aromatic carbocycles. The van der Waals surface area contributed by atoms with Gasteiger partial charge in [0.05, 0.1) is 18.9 Å². The molecule has 1 aliphatic heterocycles. The molecule has 2 heterocycles. The van der Waals surface area contributed by atoms with Gasteiger partial charge >= 0.3 is 5.69 Å². The van der Waals surface area contributed by atoms with E-state index in [-0.39, 0.29) is 13.0 Å². The number of rotatable bonds is 8. The lowest BCUT2D eigenvalue weighted by Crippen LogP contribution is -2.36. The van der Waals surface area contributed by atoms with E-state index in [4.69, 9.17) is 26.4 Å². The molecule has 0 bridgehead atoms. The van der Waals surface area contributed by atoms with Crippen LogP contribution in [0.3, 0.4) is 0 Å². The summed E-state index contributed by atoms with van der Waals surface area (Å²) in [4.78, 5) is 27.4. The molecule has 168 valence electrons. The third-order valence-electron chi connectivity index (χ3n) is 5.11. The number of hydrogen-bond donors (Lipinski definition) is 1. The number of H-pyrrole nitrogens is 1. The zero-order valence-corrected chi connectivity index (χ0v) is 18.3. The fourth-order valence-electron chi connectivity index (χ4n) is 3.38. The predicted octanol–water partition coefficient (Wildman–Crippen LogP) is 2.19. The highest BCUT2D eigenvalue weighted by molar-refractivity contribution is 7.80. The number of nitrogens with zero attached hydrogens (tertiary/aromatic N) is 2. The van der Waals surface area contributed by atoms with Crippen molar-refractivity contribution in [2.75, 3.05) is 19.7 Å². The Morgan fingerprint density at radius 2 is 2.00 bits per heavy atom. The van der Waals surface area contributed by atoms with Crippen LogP contribution in [0, 0.1) is 5.82 Å². The van der Waals surface area contributed by atoms with E-state index in [9.17, 15) is 14.0 Å². The van der Waals surface area contributed by atoms with Crippen molar-refractivity contribution in [3.8, 4) is 0 Å². The Morgan fingerprint density at radius 1 is 1.29 bits per heavy atom. The van der Waals surface area contributed by atoms with Crippen molar-refractivity contribution < 1.29 is 18.6 Å². The highest BCUT2D eigenvalue weighted by Gasteiger charge is 2.38. The Hall–Kier alpha value is -2.56. The van der Waals surface area contributed by atoms with Gasteiger partial charge in [-0.15, -0.1) is 0 Å². The van der Waals surface area contributed by atoms with Crippen LogP contribution in [-0.2, 0) is 20.8 Å². The van der Waals surface area contributed by atoms with E-state index in [2.05, 4.69) is 0 Å². The van der Waals surface area contributed by atoms with Crippen molar-refractivity contribution >= 4 is 17.4 Å². The molecule has 1 fully saturated rings. The minimum Gasteiger partial charge on any atom is -0.468 e. The second kappa shape index (κ2) is 10.7. The summed E-state index contributed by atoms with van der Waals surface area (Å²) in [6.07, 6.45) is -0.639. The lowest BCUT2D eigenvalue weighted by atomic mass is 10.1. The third-order valence-corrected chi connectivity index (χ3v) is 5.49. The van der Waals surface area contributed by atoms with Crippen LogP contribution >= 0.6 is 12.2 Å². The first-order valence-electron chi connectivity index (χ1n) is 10.2. The second-order valence-electron chi connectivity index (χ2n) is 7.09. The first-order chi connectivity index (χ1) is 14.9. The van der Waals surface area contributed by atoms with Crippen molar-refractivity contribution in [1.29, 1.82) is 0 Å². The first kappa shape index (κ1) is 23.1. The zero-order valence-electron chi connectivity index (χ0n) is 17.5. The van der Waals surface area contributed by atoms with Gasteiger partial charge in [-0.25, -0.2) is 4.79 Å². The fourth-order valence-corrected chi connectivity index (χ4v) is 3.70. The predicted molar refractivity (Wildman–Crippen MR) is 116 cm³/mol. The monoisotopic (exact) mass is 451 g/mol. The average molecular weight is 452 g/mol. The van der Waals surface area contributed by atoms with Crippen LogP contribution in [0.25, 0.3) is 0 Å². The van der Waals surface area contributed by atoms with Gasteiger partial charge in [0.25, 0.3) is 10.7 Å². The maximum Gasteiger partial charge on any atom is 0.330 e. The number of nitrogens with one attached hydrogen (secondary N) is 1. The van der Waals surface area contributed by atoms with Crippen LogP contribution in [0.15, 0.2) is 46.1 Å². The second-order valence-corrected chi connectivity index (χ2v) is 7.44. The van der Waals surface area contributed by atoms with Gasteiger partial charge in [0.2, 0.25) is 5.82 Å². The molecule has 10 heteroatoms. The van der Waals surface area contributed by atoms with Crippen molar-refractivity contribution in [3.05, 3.63) is 68.7 Å². The summed E-state index contributed by atoms with van der Waals surface area (Å²) in [6, 6.07) is 9.63. The Kier molecular flexibility index (Phi) is 7.94. The van der Waals surface area contributed by atoms with E-state index < -0.39 is 35.5 Å². The fraction of sp³-hybridized carbons (Fsp3) is 0.476. The summed E-state index contributed by atoms with van der Waals surface area (Å²) < 4.78 is 32.5.